The first-order chi connectivity index (χ1) is 21.0. The second-order valence-electron chi connectivity index (χ2n) is 15.2. The molecule has 0 aliphatic heterocycles. The van der Waals surface area contributed by atoms with E-state index < -0.39 is 34.9 Å². The van der Waals surface area contributed by atoms with E-state index in [4.69, 9.17) is 4.74 Å². The first-order valence-electron chi connectivity index (χ1n) is 18.0. The van der Waals surface area contributed by atoms with Gasteiger partial charge in [-0.2, -0.15) is 0 Å². The molecule has 0 bridgehead atoms. The SMILES string of the molecule is CCCCCCCCCCCCCCCC(=O)OCC(=O)[C@@]1(O)CC[C@H]2[C@@H]3C[C@H](C)C4=CC(=O)C=C[C@]4(C)[C@H]3[C@@H](O)C[C@@]21C. The Bertz CT molecular complexity index is 1080. The number of aliphatic hydroxyl groups excluding tert-OH is 1. The van der Waals surface area contributed by atoms with Gasteiger partial charge in [0.1, 0.15) is 5.60 Å². The minimum absolute atomic E-state index is 0.00221. The molecule has 0 saturated heterocycles. The maximum Gasteiger partial charge on any atom is 0.306 e. The fourth-order valence-electron chi connectivity index (χ4n) is 9.84. The van der Waals surface area contributed by atoms with Gasteiger partial charge < -0.3 is 14.9 Å². The van der Waals surface area contributed by atoms with Gasteiger partial charge in [0.2, 0.25) is 5.78 Å². The Morgan fingerprint density at radius 2 is 1.55 bits per heavy atom. The zero-order chi connectivity index (χ0) is 32.0. The number of hydrogen-bond acceptors (Lipinski definition) is 6. The van der Waals surface area contributed by atoms with Gasteiger partial charge >= 0.3 is 5.97 Å². The van der Waals surface area contributed by atoms with Crippen LogP contribution in [0.3, 0.4) is 0 Å². The zero-order valence-corrected chi connectivity index (χ0v) is 28.1. The molecular formula is C38H60O6. The maximum atomic E-state index is 13.5. The Labute approximate surface area is 266 Å². The third kappa shape index (κ3) is 7.27. The Kier molecular flexibility index (Phi) is 12.1. The molecule has 248 valence electrons. The first-order valence-corrected chi connectivity index (χ1v) is 18.0. The number of aliphatic hydroxyl groups is 2. The van der Waals surface area contributed by atoms with E-state index in [1.54, 1.807) is 12.2 Å². The van der Waals surface area contributed by atoms with Crippen molar-refractivity contribution < 1.29 is 29.3 Å². The molecule has 0 radical (unpaired) electrons. The number of fused-ring (bicyclic) bond motifs is 5. The Balaban J connectivity index is 1.20. The van der Waals surface area contributed by atoms with Crippen LogP contribution < -0.4 is 0 Å². The summed E-state index contributed by atoms with van der Waals surface area (Å²) < 4.78 is 5.40. The summed E-state index contributed by atoms with van der Waals surface area (Å²) in [5.41, 5.74) is -1.74. The highest BCUT2D eigenvalue weighted by Crippen LogP contribution is 2.67. The lowest BCUT2D eigenvalue weighted by molar-refractivity contribution is -0.182. The summed E-state index contributed by atoms with van der Waals surface area (Å²) in [5.74, 6) is -0.506. The fourth-order valence-corrected chi connectivity index (χ4v) is 9.84. The lowest BCUT2D eigenvalue weighted by Crippen LogP contribution is -2.62. The Hall–Kier alpha value is -1.79. The molecule has 4 aliphatic carbocycles. The van der Waals surface area contributed by atoms with Gasteiger partial charge in [-0.05, 0) is 62.0 Å². The highest BCUT2D eigenvalue weighted by Gasteiger charge is 2.68. The molecule has 0 spiro atoms. The van der Waals surface area contributed by atoms with Gasteiger partial charge in [0, 0.05) is 23.2 Å². The topological polar surface area (TPSA) is 101 Å². The molecule has 0 heterocycles. The lowest BCUT2D eigenvalue weighted by atomic mass is 9.45. The number of unbranched alkanes of at least 4 members (excludes halogenated alkanes) is 12. The number of carbonyl (C=O) groups excluding carboxylic acids is 3. The van der Waals surface area contributed by atoms with Gasteiger partial charge in [0.25, 0.3) is 0 Å². The molecule has 8 atom stereocenters. The predicted octanol–water partition coefficient (Wildman–Crippen LogP) is 7.84. The quantitative estimate of drug-likeness (QED) is 0.128. The van der Waals surface area contributed by atoms with Crippen molar-refractivity contribution in [1.82, 2.24) is 0 Å². The molecule has 4 rings (SSSR count). The molecule has 3 saturated carbocycles. The lowest BCUT2D eigenvalue weighted by Gasteiger charge is -2.60. The molecule has 6 nitrogen and oxygen atoms in total. The second kappa shape index (κ2) is 15.2. The molecule has 4 aliphatic rings. The van der Waals surface area contributed by atoms with E-state index >= 15 is 0 Å². The summed E-state index contributed by atoms with van der Waals surface area (Å²) in [6.07, 6.45) is 23.2. The molecule has 3 fully saturated rings. The van der Waals surface area contributed by atoms with Crippen molar-refractivity contribution >= 4 is 17.5 Å². The smallest absolute Gasteiger partial charge is 0.306 e. The average molecular weight is 613 g/mol. The number of ether oxygens (including phenoxy) is 1. The number of hydrogen-bond donors (Lipinski definition) is 2. The highest BCUT2D eigenvalue weighted by molar-refractivity contribution is 6.01. The van der Waals surface area contributed by atoms with Crippen molar-refractivity contribution in [3.63, 3.8) is 0 Å². The number of ketones is 2. The van der Waals surface area contributed by atoms with Crippen LogP contribution in [-0.2, 0) is 19.1 Å². The van der Waals surface area contributed by atoms with Gasteiger partial charge in [-0.15, -0.1) is 0 Å². The summed E-state index contributed by atoms with van der Waals surface area (Å²) in [6.45, 7) is 8.07. The van der Waals surface area contributed by atoms with Crippen LogP contribution in [0.2, 0.25) is 0 Å². The van der Waals surface area contributed by atoms with Crippen LogP contribution in [0.5, 0.6) is 0 Å². The average Bonchev–Trinajstić information content (AvgIpc) is 3.25. The van der Waals surface area contributed by atoms with Crippen LogP contribution in [0.1, 0.15) is 143 Å². The number of esters is 1. The number of Topliss-reactive ketones (excluding diaryl/α,β-unsaturated/α-hetero) is 1. The van der Waals surface area contributed by atoms with E-state index in [0.29, 0.717) is 25.7 Å². The predicted molar refractivity (Wildman–Crippen MR) is 174 cm³/mol. The number of rotatable bonds is 17. The maximum absolute atomic E-state index is 13.5. The van der Waals surface area contributed by atoms with Crippen LogP contribution in [0.15, 0.2) is 23.8 Å². The first kappa shape index (κ1) is 35.1. The van der Waals surface area contributed by atoms with Crippen LogP contribution >= 0.6 is 0 Å². The van der Waals surface area contributed by atoms with Crippen molar-refractivity contribution in [2.24, 2.45) is 34.5 Å². The van der Waals surface area contributed by atoms with Gasteiger partial charge in [-0.3, -0.25) is 14.4 Å². The molecule has 6 heteroatoms. The summed E-state index contributed by atoms with van der Waals surface area (Å²) in [4.78, 5) is 38.2. The van der Waals surface area contributed by atoms with Crippen molar-refractivity contribution in [3.8, 4) is 0 Å². The highest BCUT2D eigenvalue weighted by atomic mass is 16.5. The standard InChI is InChI=1S/C38H60O6/c1-5-6-7-8-9-10-11-12-13-14-15-16-17-18-34(42)44-26-33(41)38(43)22-20-30-29-23-27(2)31-24-28(39)19-21-36(31,3)35(29)32(40)25-37(30,38)4/h19,21,24,27,29-30,32,35,40,43H,5-18,20,22-23,25-26H2,1-4H3/t27-,29-,30-,32-,35+,36-,37-,38-/m0/s1. The van der Waals surface area contributed by atoms with Crippen molar-refractivity contribution in [1.29, 1.82) is 0 Å². The van der Waals surface area contributed by atoms with Gasteiger partial charge in [0.15, 0.2) is 12.4 Å². The minimum Gasteiger partial charge on any atom is -0.458 e. The summed E-state index contributed by atoms with van der Waals surface area (Å²) >= 11 is 0. The largest absolute Gasteiger partial charge is 0.458 e. The zero-order valence-electron chi connectivity index (χ0n) is 28.1. The van der Waals surface area contributed by atoms with E-state index in [1.807, 2.05) is 13.0 Å². The normalized spacial score (nSPS) is 35.9. The minimum atomic E-state index is -1.63. The van der Waals surface area contributed by atoms with Crippen molar-refractivity contribution in [2.45, 2.75) is 155 Å². The molecule has 0 unspecified atom stereocenters. The molecule has 0 aromatic carbocycles. The van der Waals surface area contributed by atoms with Gasteiger partial charge in [-0.1, -0.05) is 116 Å². The van der Waals surface area contributed by atoms with E-state index in [-0.39, 0.29) is 35.4 Å². The van der Waals surface area contributed by atoms with Crippen LogP contribution in [0.4, 0.5) is 0 Å². The summed E-state index contributed by atoms with van der Waals surface area (Å²) in [5, 5.41) is 23.5. The number of allylic oxidation sites excluding steroid dienone is 4. The van der Waals surface area contributed by atoms with E-state index in [2.05, 4.69) is 20.8 Å². The molecular weight excluding hydrogens is 552 g/mol. The van der Waals surface area contributed by atoms with Crippen molar-refractivity contribution in [2.75, 3.05) is 6.61 Å². The Morgan fingerprint density at radius 1 is 0.955 bits per heavy atom. The van der Waals surface area contributed by atoms with Crippen LogP contribution in [-0.4, -0.2) is 46.1 Å². The van der Waals surface area contributed by atoms with Gasteiger partial charge in [-0.25, -0.2) is 0 Å². The molecule has 44 heavy (non-hydrogen) atoms. The van der Waals surface area contributed by atoms with Crippen molar-refractivity contribution in [3.05, 3.63) is 23.8 Å². The summed E-state index contributed by atoms with van der Waals surface area (Å²) in [7, 11) is 0. The molecule has 0 aromatic rings. The molecule has 2 N–H and O–H groups in total. The monoisotopic (exact) mass is 612 g/mol. The third-order valence-electron chi connectivity index (χ3n) is 12.3. The van der Waals surface area contributed by atoms with Gasteiger partial charge in [0.05, 0.1) is 6.10 Å². The Morgan fingerprint density at radius 3 is 2.16 bits per heavy atom. The van der Waals surface area contributed by atoms with E-state index in [0.717, 1.165) is 31.3 Å². The fraction of sp³-hybridized carbons (Fsp3) is 0.816. The van der Waals surface area contributed by atoms with Crippen LogP contribution in [0.25, 0.3) is 0 Å². The number of carbonyl (C=O) groups is 3. The molecule has 0 aromatic heterocycles. The van der Waals surface area contributed by atoms with E-state index in [9.17, 15) is 24.6 Å². The molecule has 0 amide bonds. The van der Waals surface area contributed by atoms with E-state index in [1.165, 1.54) is 64.2 Å². The third-order valence-corrected chi connectivity index (χ3v) is 12.3. The second-order valence-corrected chi connectivity index (χ2v) is 15.2. The summed E-state index contributed by atoms with van der Waals surface area (Å²) in [6, 6.07) is 0. The van der Waals surface area contributed by atoms with Crippen LogP contribution in [0, 0.1) is 34.5 Å².